The molecule has 0 aliphatic carbocycles. The topological polar surface area (TPSA) is 47.9 Å². The molecule has 0 aromatic carbocycles. The quantitative estimate of drug-likeness (QED) is 0.232. The molecule has 0 heterocycles. The number of unbranched alkanes of at least 4 members (excludes halogenated alkanes) is 3. The lowest BCUT2D eigenvalue weighted by Crippen LogP contribution is -2.20. The molecular weight excluding hydrogens is 254 g/mol. The largest absolute Gasteiger partial charge is 0.462 e. The summed E-state index contributed by atoms with van der Waals surface area (Å²) in [6, 6.07) is 0. The average Bonchev–Trinajstić information content (AvgIpc) is 2.41. The van der Waals surface area contributed by atoms with Crippen LogP contribution in [0.15, 0.2) is 5.16 Å². The maximum atomic E-state index is 12.0. The molecule has 118 valence electrons. The molecule has 0 aromatic heterocycles. The third kappa shape index (κ3) is 10.8. The highest BCUT2D eigenvalue weighted by molar-refractivity contribution is 5.78. The van der Waals surface area contributed by atoms with Gasteiger partial charge in [0.25, 0.3) is 0 Å². The number of carbonyl (C=O) groups is 1. The van der Waals surface area contributed by atoms with Crippen molar-refractivity contribution < 1.29 is 14.4 Å². The van der Waals surface area contributed by atoms with Gasteiger partial charge in [0.05, 0.1) is 11.6 Å². The van der Waals surface area contributed by atoms with Crippen molar-refractivity contribution in [2.75, 3.05) is 13.2 Å². The van der Waals surface area contributed by atoms with Gasteiger partial charge < -0.3 is 9.57 Å². The summed E-state index contributed by atoms with van der Waals surface area (Å²) in [7, 11) is 0. The second-order valence-electron chi connectivity index (χ2n) is 5.37. The van der Waals surface area contributed by atoms with E-state index in [1.807, 2.05) is 13.8 Å². The van der Waals surface area contributed by atoms with Crippen LogP contribution < -0.4 is 0 Å². The van der Waals surface area contributed by atoms with Crippen LogP contribution in [0, 0.1) is 5.92 Å². The molecule has 0 aliphatic rings. The van der Waals surface area contributed by atoms with Crippen LogP contribution in [0.1, 0.15) is 72.6 Å². The Kier molecular flexibility index (Phi) is 12.3. The molecular formula is C16H31NO3. The second-order valence-corrected chi connectivity index (χ2v) is 5.37. The zero-order valence-corrected chi connectivity index (χ0v) is 13.6. The summed E-state index contributed by atoms with van der Waals surface area (Å²) in [5.74, 6) is -0.0201. The fraction of sp³-hybridized carbons (Fsp3) is 0.875. The summed E-state index contributed by atoms with van der Waals surface area (Å²) < 4.78 is 5.28. The van der Waals surface area contributed by atoms with E-state index < -0.39 is 0 Å². The monoisotopic (exact) mass is 285 g/mol. The number of nitrogens with zero attached hydrogens (tertiary/aromatic N) is 1. The summed E-state index contributed by atoms with van der Waals surface area (Å²) in [6.07, 6.45) is 7.55. The van der Waals surface area contributed by atoms with E-state index >= 15 is 0 Å². The van der Waals surface area contributed by atoms with Crippen LogP contribution in [0.4, 0.5) is 0 Å². The van der Waals surface area contributed by atoms with Crippen molar-refractivity contribution in [2.24, 2.45) is 11.1 Å². The second kappa shape index (κ2) is 12.9. The molecule has 0 aliphatic heterocycles. The van der Waals surface area contributed by atoms with Gasteiger partial charge in [-0.1, -0.05) is 51.1 Å². The van der Waals surface area contributed by atoms with Crippen LogP contribution in [0.25, 0.3) is 0 Å². The summed E-state index contributed by atoms with van der Waals surface area (Å²) in [4.78, 5) is 17.0. The van der Waals surface area contributed by atoms with Gasteiger partial charge in [-0.25, -0.2) is 0 Å². The van der Waals surface area contributed by atoms with Gasteiger partial charge >= 0.3 is 5.97 Å². The van der Waals surface area contributed by atoms with Crippen molar-refractivity contribution in [3.63, 3.8) is 0 Å². The van der Waals surface area contributed by atoms with Gasteiger partial charge in [-0.3, -0.25) is 4.79 Å². The molecule has 1 unspecified atom stereocenters. The van der Waals surface area contributed by atoms with Crippen LogP contribution >= 0.6 is 0 Å². The van der Waals surface area contributed by atoms with Crippen molar-refractivity contribution in [1.82, 2.24) is 0 Å². The lowest BCUT2D eigenvalue weighted by atomic mass is 9.96. The standard InChI is InChI=1S/C16H31NO3/c1-5-7-9-11-15(10-8-6-2)16(18)19-12-13-20-17-14(3)4/h15H,5-13H2,1-4H3. The maximum Gasteiger partial charge on any atom is 0.309 e. The molecule has 0 rings (SSSR count). The lowest BCUT2D eigenvalue weighted by Gasteiger charge is -2.15. The normalized spacial score (nSPS) is 11.8. The Morgan fingerprint density at radius 3 is 2.25 bits per heavy atom. The molecule has 0 saturated heterocycles. The van der Waals surface area contributed by atoms with Crippen molar-refractivity contribution in [3.8, 4) is 0 Å². The third-order valence-corrected chi connectivity index (χ3v) is 3.06. The van der Waals surface area contributed by atoms with Gasteiger partial charge in [0, 0.05) is 0 Å². The van der Waals surface area contributed by atoms with Gasteiger partial charge in [-0.2, -0.15) is 0 Å². The van der Waals surface area contributed by atoms with E-state index in [-0.39, 0.29) is 18.5 Å². The maximum absolute atomic E-state index is 12.0. The number of ether oxygens (including phenoxy) is 1. The van der Waals surface area contributed by atoms with Gasteiger partial charge in [-0.05, 0) is 26.7 Å². The van der Waals surface area contributed by atoms with Crippen LogP contribution in [0.2, 0.25) is 0 Å². The van der Waals surface area contributed by atoms with E-state index in [0.29, 0.717) is 6.61 Å². The first-order valence-corrected chi connectivity index (χ1v) is 7.91. The van der Waals surface area contributed by atoms with Gasteiger partial charge in [0.2, 0.25) is 0 Å². The number of rotatable bonds is 12. The van der Waals surface area contributed by atoms with Gasteiger partial charge in [0.1, 0.15) is 6.61 Å². The SMILES string of the molecule is CCCCCC(CCCC)C(=O)OCCON=C(C)C. The molecule has 4 nitrogen and oxygen atoms in total. The predicted octanol–water partition coefficient (Wildman–Crippen LogP) is 4.33. The first kappa shape index (κ1) is 18.9. The Morgan fingerprint density at radius 2 is 1.65 bits per heavy atom. The molecule has 4 heteroatoms. The first-order valence-electron chi connectivity index (χ1n) is 7.91. The van der Waals surface area contributed by atoms with E-state index in [0.717, 1.165) is 37.8 Å². The highest BCUT2D eigenvalue weighted by Gasteiger charge is 2.18. The Bertz CT molecular complexity index is 273. The number of esters is 1. The molecule has 0 fully saturated rings. The van der Waals surface area contributed by atoms with Crippen molar-refractivity contribution in [3.05, 3.63) is 0 Å². The zero-order chi connectivity index (χ0) is 15.2. The molecule has 20 heavy (non-hydrogen) atoms. The lowest BCUT2D eigenvalue weighted by molar-refractivity contribution is -0.150. The minimum atomic E-state index is -0.0737. The number of carbonyl (C=O) groups excluding carboxylic acids is 1. The first-order chi connectivity index (χ1) is 9.61. The highest BCUT2D eigenvalue weighted by Crippen LogP contribution is 2.18. The van der Waals surface area contributed by atoms with Gasteiger partial charge in [-0.15, -0.1) is 0 Å². The van der Waals surface area contributed by atoms with Crippen molar-refractivity contribution in [2.45, 2.75) is 72.6 Å². The Hall–Kier alpha value is -1.06. The van der Waals surface area contributed by atoms with E-state index in [1.165, 1.54) is 12.8 Å². The Balaban J connectivity index is 3.95. The minimum absolute atomic E-state index is 0.0536. The minimum Gasteiger partial charge on any atom is -0.462 e. The third-order valence-electron chi connectivity index (χ3n) is 3.06. The molecule has 0 saturated carbocycles. The summed E-state index contributed by atoms with van der Waals surface area (Å²) in [5, 5.41) is 3.80. The van der Waals surface area contributed by atoms with Gasteiger partial charge in [0.15, 0.2) is 6.61 Å². The van der Waals surface area contributed by atoms with E-state index in [4.69, 9.17) is 9.57 Å². The zero-order valence-electron chi connectivity index (χ0n) is 13.6. The van der Waals surface area contributed by atoms with E-state index in [2.05, 4.69) is 19.0 Å². The molecule has 1 atom stereocenters. The Labute approximate surface area is 123 Å². The van der Waals surface area contributed by atoms with Crippen LogP contribution in [0.3, 0.4) is 0 Å². The average molecular weight is 285 g/mol. The molecule has 0 bridgehead atoms. The van der Waals surface area contributed by atoms with Crippen LogP contribution in [-0.2, 0) is 14.4 Å². The van der Waals surface area contributed by atoms with E-state index in [1.54, 1.807) is 0 Å². The molecule has 0 spiro atoms. The van der Waals surface area contributed by atoms with Crippen molar-refractivity contribution in [1.29, 1.82) is 0 Å². The number of hydrogen-bond acceptors (Lipinski definition) is 4. The predicted molar refractivity (Wildman–Crippen MR) is 82.9 cm³/mol. The summed E-state index contributed by atoms with van der Waals surface area (Å²) in [6.45, 7) is 8.65. The molecule has 0 radical (unpaired) electrons. The van der Waals surface area contributed by atoms with Crippen LogP contribution in [-0.4, -0.2) is 24.9 Å². The highest BCUT2D eigenvalue weighted by atomic mass is 16.6. The van der Waals surface area contributed by atoms with Crippen molar-refractivity contribution >= 4 is 11.7 Å². The molecule has 0 N–H and O–H groups in total. The summed E-state index contributed by atoms with van der Waals surface area (Å²) in [5.41, 5.74) is 0.858. The fourth-order valence-electron chi connectivity index (χ4n) is 1.94. The fourth-order valence-corrected chi connectivity index (χ4v) is 1.94. The molecule has 0 amide bonds. The smallest absolute Gasteiger partial charge is 0.309 e. The van der Waals surface area contributed by atoms with E-state index in [9.17, 15) is 4.79 Å². The Morgan fingerprint density at radius 1 is 1.00 bits per heavy atom. The number of hydrogen-bond donors (Lipinski definition) is 0. The number of oxime groups is 1. The molecule has 0 aromatic rings. The summed E-state index contributed by atoms with van der Waals surface area (Å²) >= 11 is 0. The van der Waals surface area contributed by atoms with Crippen LogP contribution in [0.5, 0.6) is 0 Å².